The number of nitrogens with zero attached hydrogens (tertiary/aromatic N) is 2. The molecule has 0 bridgehead atoms. The number of ether oxygens (including phenoxy) is 13. The standard InChI is InChI=1S/C66H108N14O27S2/c1-65(2,47-106-61(87)73-21-41-108(91,92)79-53(57(83)84)43-75-55(81)49-7-11-51(12-8-49)102-23-19-71-59-67-15-5-16-68-59)45-77-63(89)104-39-37-100-35-33-98-31-29-96-27-25-95-26-28-97-30-32-99-34-36-101-38-40-105-64(90)78-46-66(3,4)48-107-62(88)74-22-42-109(93,94)80-54(58(85)86)44-76-56(82)50-9-13-52(14-10-50)103-24-20-72-60-69-17-6-18-70-60/h7-14,53-54,79-80H,5-6,15-48H2,1-4H3,(H,73,87)(H,74,88)(H,75,81)(H,76,82)(H,77,89)(H,78,90)(H,83,84)(H,85,86)(H2,67,68,71)(H2,69,70,72)/t53-,54-/m0/s1. The van der Waals surface area contributed by atoms with Crippen molar-refractivity contribution in [3.63, 3.8) is 0 Å². The van der Waals surface area contributed by atoms with Gasteiger partial charge in [-0.15, -0.1) is 0 Å². The molecule has 2 atom stereocenters. The number of carbonyl (C=O) groups excluding carboxylic acids is 6. The zero-order valence-electron chi connectivity index (χ0n) is 62.0. The molecule has 0 saturated heterocycles. The molecular weight excluding hydrogens is 1480 g/mol. The van der Waals surface area contributed by atoms with Crippen molar-refractivity contribution >= 4 is 80.1 Å². The Morgan fingerprint density at radius 2 is 0.734 bits per heavy atom. The number of carboxylic acids is 2. The van der Waals surface area contributed by atoms with Crippen LogP contribution in [0.25, 0.3) is 0 Å². The van der Waals surface area contributed by atoms with E-state index >= 15 is 0 Å². The molecule has 616 valence electrons. The first-order valence-corrected chi connectivity index (χ1v) is 38.7. The van der Waals surface area contributed by atoms with Crippen LogP contribution in [-0.2, 0) is 81.7 Å². The molecule has 0 aromatic heterocycles. The fourth-order valence-corrected chi connectivity index (χ4v) is 10.9. The quantitative estimate of drug-likeness (QED) is 0.0259. The molecule has 2 heterocycles. The highest BCUT2D eigenvalue weighted by Gasteiger charge is 2.29. The lowest BCUT2D eigenvalue weighted by Crippen LogP contribution is -2.49. The van der Waals surface area contributed by atoms with Crippen LogP contribution in [0.15, 0.2) is 58.5 Å². The summed E-state index contributed by atoms with van der Waals surface area (Å²) >= 11 is 0. The number of nitrogens with one attached hydrogen (secondary N) is 12. The van der Waals surface area contributed by atoms with Crippen molar-refractivity contribution < 1.29 is 127 Å². The average Bonchev–Trinajstić information content (AvgIpc) is 0.882. The molecule has 2 aromatic carbocycles. The van der Waals surface area contributed by atoms with Gasteiger partial charge >= 0.3 is 36.3 Å². The number of alkyl carbamates (subject to hydrolysis) is 4. The minimum Gasteiger partial charge on any atom is -0.492 e. The highest BCUT2D eigenvalue weighted by molar-refractivity contribution is 7.89. The summed E-state index contributed by atoms with van der Waals surface area (Å²) < 4.78 is 125. The largest absolute Gasteiger partial charge is 0.492 e. The summed E-state index contributed by atoms with van der Waals surface area (Å²) in [5.74, 6) is -3.34. The second-order valence-electron chi connectivity index (χ2n) is 25.3. The number of carboxylic acid groups (broad SMARTS) is 2. The van der Waals surface area contributed by atoms with E-state index in [1.54, 1.807) is 52.0 Å². The summed E-state index contributed by atoms with van der Waals surface area (Å²) in [7, 11) is -8.52. The third-order valence-corrected chi connectivity index (χ3v) is 17.3. The Kier molecular flexibility index (Phi) is 45.0. The van der Waals surface area contributed by atoms with Crippen LogP contribution >= 0.6 is 0 Å². The number of aliphatic carboxylic acids is 2. The Hall–Kier alpha value is -8.92. The van der Waals surface area contributed by atoms with Crippen LogP contribution in [0.5, 0.6) is 11.5 Å². The maximum absolute atomic E-state index is 12.7. The molecule has 109 heavy (non-hydrogen) atoms. The summed E-state index contributed by atoms with van der Waals surface area (Å²) in [6, 6.07) is 8.78. The molecule has 0 fully saturated rings. The van der Waals surface area contributed by atoms with Crippen molar-refractivity contribution in [1.29, 1.82) is 0 Å². The van der Waals surface area contributed by atoms with Crippen LogP contribution in [0.1, 0.15) is 61.3 Å². The Labute approximate surface area is 633 Å². The monoisotopic (exact) mass is 1590 g/mol. The first-order chi connectivity index (χ1) is 52.2. The second kappa shape index (κ2) is 53.0. The van der Waals surface area contributed by atoms with Gasteiger partial charge in [0.15, 0.2) is 11.9 Å². The SMILES string of the molecule is CC(C)(CNC(=O)OCCOCCOCCOCCOCCOCCOCCOCCOC(=O)NCC(C)(C)COC(=O)NCCS(=O)(=O)N[C@@H](CNC(=O)c1ccc(OCCNC2=NCCCN2)cc1)C(=O)O)COC(=O)NCCS(=O)(=O)N[C@@H](CNC(=O)c1ccc(OCCNC2=NCCCN2)cc1)C(=O)O. The van der Waals surface area contributed by atoms with Crippen LogP contribution < -0.4 is 72.1 Å². The van der Waals surface area contributed by atoms with Gasteiger partial charge < -0.3 is 125 Å². The molecule has 6 amide bonds. The van der Waals surface area contributed by atoms with Gasteiger partial charge in [-0.1, -0.05) is 27.7 Å². The number of amides is 6. The Morgan fingerprint density at radius 3 is 1.04 bits per heavy atom. The molecule has 14 N–H and O–H groups in total. The summed E-state index contributed by atoms with van der Waals surface area (Å²) in [6.45, 7) is 13.3. The van der Waals surface area contributed by atoms with E-state index in [-0.39, 0.29) is 90.3 Å². The van der Waals surface area contributed by atoms with Crippen molar-refractivity contribution in [2.24, 2.45) is 20.8 Å². The Morgan fingerprint density at radius 1 is 0.422 bits per heavy atom. The first kappa shape index (κ1) is 92.5. The molecule has 41 nitrogen and oxygen atoms in total. The lowest BCUT2D eigenvalue weighted by molar-refractivity contribution is -0.139. The van der Waals surface area contributed by atoms with Gasteiger partial charge in [0.05, 0.1) is 130 Å². The number of hydrogen-bond acceptors (Lipinski definition) is 31. The van der Waals surface area contributed by atoms with Crippen molar-refractivity contribution in [2.45, 2.75) is 52.6 Å². The van der Waals surface area contributed by atoms with Crippen molar-refractivity contribution in [3.05, 3.63) is 59.7 Å². The van der Waals surface area contributed by atoms with Crippen molar-refractivity contribution in [1.82, 2.24) is 62.6 Å². The highest BCUT2D eigenvalue weighted by Crippen LogP contribution is 2.17. The predicted molar refractivity (Wildman–Crippen MR) is 392 cm³/mol. The van der Waals surface area contributed by atoms with Gasteiger partial charge in [0.25, 0.3) is 11.8 Å². The van der Waals surface area contributed by atoms with Gasteiger partial charge in [0.2, 0.25) is 20.0 Å². The van der Waals surface area contributed by atoms with E-state index in [0.717, 1.165) is 39.0 Å². The van der Waals surface area contributed by atoms with E-state index in [4.69, 9.17) is 61.6 Å². The fourth-order valence-electron chi connectivity index (χ4n) is 8.72. The molecule has 0 saturated carbocycles. The van der Waals surface area contributed by atoms with E-state index in [9.17, 15) is 65.4 Å². The van der Waals surface area contributed by atoms with E-state index in [2.05, 4.69) is 63.2 Å². The molecular formula is C66H108N14O27S2. The van der Waals surface area contributed by atoms with Gasteiger partial charge in [0, 0.05) is 87.4 Å². The smallest absolute Gasteiger partial charge is 0.407 e. The molecule has 2 aromatic rings. The number of benzene rings is 2. The van der Waals surface area contributed by atoms with Gasteiger partial charge in [-0.3, -0.25) is 29.2 Å². The Balaban J connectivity index is 0.858. The van der Waals surface area contributed by atoms with E-state index in [0.29, 0.717) is 103 Å². The minimum absolute atomic E-state index is 0.0444. The number of aliphatic imine (C=N–C) groups is 2. The number of sulfonamides is 2. The third kappa shape index (κ3) is 45.6. The summed E-state index contributed by atoms with van der Waals surface area (Å²) in [5, 5.41) is 46.3. The molecule has 0 spiro atoms. The van der Waals surface area contributed by atoms with Crippen molar-refractivity contribution in [2.75, 3.05) is 222 Å². The number of carbonyl (C=O) groups is 8. The summed E-state index contributed by atoms with van der Waals surface area (Å²) in [4.78, 5) is 107. The van der Waals surface area contributed by atoms with Gasteiger partial charge in [-0.25, -0.2) is 36.0 Å². The summed E-state index contributed by atoms with van der Waals surface area (Å²) in [6.07, 6.45) is -1.42. The maximum Gasteiger partial charge on any atom is 0.407 e. The predicted octanol–water partition coefficient (Wildman–Crippen LogP) is -1.70. The lowest BCUT2D eigenvalue weighted by Gasteiger charge is -2.24. The van der Waals surface area contributed by atoms with E-state index < -0.39 is 129 Å². The number of guanidine groups is 2. The second-order valence-corrected chi connectivity index (χ2v) is 29.0. The lowest BCUT2D eigenvalue weighted by atomic mass is 9.95. The normalized spacial score (nSPS) is 13.6. The van der Waals surface area contributed by atoms with E-state index in [1.165, 1.54) is 24.3 Å². The van der Waals surface area contributed by atoms with Crippen molar-refractivity contribution in [3.8, 4) is 11.5 Å². The average molecular weight is 1590 g/mol. The van der Waals surface area contributed by atoms with Crippen LogP contribution in [0.2, 0.25) is 0 Å². The minimum atomic E-state index is -4.26. The van der Waals surface area contributed by atoms with E-state index in [1.807, 2.05) is 9.44 Å². The maximum atomic E-state index is 12.7. The summed E-state index contributed by atoms with van der Waals surface area (Å²) in [5.41, 5.74) is -1.15. The molecule has 2 aliphatic rings. The van der Waals surface area contributed by atoms with Gasteiger partial charge in [0.1, 0.15) is 50.0 Å². The topological polar surface area (TPSA) is 534 Å². The number of rotatable bonds is 58. The van der Waals surface area contributed by atoms with Crippen LogP contribution in [0, 0.1) is 10.8 Å². The molecule has 4 rings (SSSR count). The molecule has 0 aliphatic carbocycles. The van der Waals surface area contributed by atoms with Crippen LogP contribution in [0.4, 0.5) is 19.2 Å². The molecule has 0 unspecified atom stereocenters. The van der Waals surface area contributed by atoms with Gasteiger partial charge in [-0.05, 0) is 61.4 Å². The fraction of sp³-hybridized carbons (Fsp3) is 0.667. The van der Waals surface area contributed by atoms with Crippen LogP contribution in [0.3, 0.4) is 0 Å². The third-order valence-electron chi connectivity index (χ3n) is 14.6. The highest BCUT2D eigenvalue weighted by atomic mass is 32.2. The number of hydrogen-bond donors (Lipinski definition) is 14. The van der Waals surface area contributed by atoms with Crippen LogP contribution in [-0.4, -0.2) is 321 Å². The first-order valence-electron chi connectivity index (χ1n) is 35.4. The van der Waals surface area contributed by atoms with Gasteiger partial charge in [-0.2, -0.15) is 9.44 Å². The molecule has 43 heteroatoms. The molecule has 2 aliphatic heterocycles. The zero-order chi connectivity index (χ0) is 79.4. The Bertz CT molecular complexity index is 3130. The molecule has 0 radical (unpaired) electrons. The zero-order valence-corrected chi connectivity index (χ0v) is 63.7.